The molecule has 0 radical (unpaired) electrons. The van der Waals surface area contributed by atoms with E-state index in [0.717, 1.165) is 32.0 Å². The number of hydrogen-bond donors (Lipinski definition) is 4. The summed E-state index contributed by atoms with van der Waals surface area (Å²) < 4.78 is 0. The summed E-state index contributed by atoms with van der Waals surface area (Å²) >= 11 is 1.61. The zero-order valence-corrected chi connectivity index (χ0v) is 25.2. The van der Waals surface area contributed by atoms with Gasteiger partial charge in [-0.25, -0.2) is 0 Å². The zero-order valence-electron chi connectivity index (χ0n) is 24.4. The fourth-order valence-corrected chi connectivity index (χ4v) is 6.98. The molecule has 7 rings (SSSR count). The highest BCUT2D eigenvalue weighted by Crippen LogP contribution is 2.56. The summed E-state index contributed by atoms with van der Waals surface area (Å²) in [5, 5.41) is 38.6. The first-order valence-corrected chi connectivity index (χ1v) is 15.1. The van der Waals surface area contributed by atoms with E-state index >= 15 is 0 Å². The molecule has 6 aromatic rings. The summed E-state index contributed by atoms with van der Waals surface area (Å²) in [6.07, 6.45) is 0. The minimum absolute atomic E-state index is 0.249. The molecule has 0 aromatic heterocycles. The number of phenolic OH excluding ortho intramolecular Hbond substituents is 4. The van der Waals surface area contributed by atoms with Crippen molar-refractivity contribution >= 4 is 11.8 Å². The lowest BCUT2D eigenvalue weighted by Crippen LogP contribution is -2.28. The molecule has 4 N–H and O–H groups in total. The van der Waals surface area contributed by atoms with E-state index < -0.39 is 5.41 Å². The van der Waals surface area contributed by atoms with Gasteiger partial charge in [0.1, 0.15) is 23.0 Å². The van der Waals surface area contributed by atoms with Gasteiger partial charge in [-0.15, -0.1) is 0 Å². The monoisotopic (exact) mass is 596 g/mol. The van der Waals surface area contributed by atoms with Crippen molar-refractivity contribution in [3.63, 3.8) is 0 Å². The molecule has 0 saturated carbocycles. The van der Waals surface area contributed by atoms with Crippen LogP contribution in [0.3, 0.4) is 0 Å². The van der Waals surface area contributed by atoms with Crippen LogP contribution < -0.4 is 0 Å². The van der Waals surface area contributed by atoms with Crippen molar-refractivity contribution in [2.75, 3.05) is 0 Å². The molecule has 1 aliphatic rings. The number of rotatable bonds is 4. The SMILES string of the molecule is Cc1cc(Sc2ccc(O)c(C)c2)ccc1O.Oc1ccc(C2(c3ccc(O)cc3)c3ccccc3-c3ccccc32)cc1. The predicted molar refractivity (Wildman–Crippen MR) is 177 cm³/mol. The Morgan fingerprint density at radius 1 is 0.455 bits per heavy atom. The van der Waals surface area contributed by atoms with E-state index in [9.17, 15) is 20.4 Å². The predicted octanol–water partition coefficient (Wildman–Crippen LogP) is 9.33. The van der Waals surface area contributed by atoms with Crippen LogP contribution in [0.15, 0.2) is 143 Å². The van der Waals surface area contributed by atoms with Gasteiger partial charge < -0.3 is 20.4 Å². The smallest absolute Gasteiger partial charge is 0.118 e. The lowest BCUT2D eigenvalue weighted by Gasteiger charge is -2.33. The lowest BCUT2D eigenvalue weighted by molar-refractivity contribution is 0.470. The minimum atomic E-state index is -0.491. The molecule has 0 amide bonds. The summed E-state index contributed by atoms with van der Waals surface area (Å²) in [6, 6.07) is 42.9. The van der Waals surface area contributed by atoms with Crippen LogP contribution in [0.2, 0.25) is 0 Å². The van der Waals surface area contributed by atoms with Crippen LogP contribution in [0.1, 0.15) is 33.4 Å². The van der Waals surface area contributed by atoms with Crippen LogP contribution in [0.5, 0.6) is 23.0 Å². The molecule has 218 valence electrons. The van der Waals surface area contributed by atoms with Crippen molar-refractivity contribution in [3.05, 3.63) is 167 Å². The summed E-state index contributed by atoms with van der Waals surface area (Å²) in [6.45, 7) is 3.75. The fraction of sp³-hybridized carbons (Fsp3) is 0.0769. The first-order valence-electron chi connectivity index (χ1n) is 14.3. The Labute approximate surface area is 261 Å². The number of aromatic hydroxyl groups is 4. The Morgan fingerprint density at radius 3 is 1.23 bits per heavy atom. The van der Waals surface area contributed by atoms with Gasteiger partial charge >= 0.3 is 0 Å². The molecule has 6 aromatic carbocycles. The minimum Gasteiger partial charge on any atom is -0.508 e. The van der Waals surface area contributed by atoms with Crippen LogP contribution >= 0.6 is 11.8 Å². The summed E-state index contributed by atoms with van der Waals surface area (Å²) in [5.74, 6) is 1.13. The highest BCUT2D eigenvalue weighted by Gasteiger charge is 2.45. The molecule has 0 atom stereocenters. The Kier molecular flexibility index (Phi) is 7.81. The maximum Gasteiger partial charge on any atom is 0.118 e. The number of benzene rings is 6. The average molecular weight is 597 g/mol. The molecule has 0 saturated heterocycles. The molecular weight excluding hydrogens is 564 g/mol. The molecule has 0 fully saturated rings. The lowest BCUT2D eigenvalue weighted by atomic mass is 9.68. The molecular formula is C39H32O4S. The molecule has 0 unspecified atom stereocenters. The van der Waals surface area contributed by atoms with Crippen molar-refractivity contribution in [3.8, 4) is 34.1 Å². The van der Waals surface area contributed by atoms with Gasteiger partial charge in [-0.2, -0.15) is 0 Å². The van der Waals surface area contributed by atoms with E-state index in [0.29, 0.717) is 11.5 Å². The third kappa shape index (κ3) is 5.27. The van der Waals surface area contributed by atoms with Crippen molar-refractivity contribution in [2.24, 2.45) is 0 Å². The summed E-state index contributed by atoms with van der Waals surface area (Å²) in [4.78, 5) is 2.15. The highest BCUT2D eigenvalue weighted by molar-refractivity contribution is 7.99. The molecule has 0 bridgehead atoms. The number of phenols is 4. The van der Waals surface area contributed by atoms with Crippen LogP contribution in [-0.2, 0) is 5.41 Å². The van der Waals surface area contributed by atoms with E-state index in [-0.39, 0.29) is 11.5 Å². The Hall–Kier alpha value is -5.13. The van der Waals surface area contributed by atoms with Crippen LogP contribution in [0.4, 0.5) is 0 Å². The Morgan fingerprint density at radius 2 is 0.841 bits per heavy atom. The normalized spacial score (nSPS) is 12.5. The van der Waals surface area contributed by atoms with E-state index in [1.54, 1.807) is 48.2 Å². The maximum atomic E-state index is 9.85. The van der Waals surface area contributed by atoms with Crippen LogP contribution in [-0.4, -0.2) is 20.4 Å². The second kappa shape index (κ2) is 11.9. The second-order valence-electron chi connectivity index (χ2n) is 10.9. The molecule has 5 heteroatoms. The number of hydrogen-bond acceptors (Lipinski definition) is 5. The third-order valence-corrected chi connectivity index (χ3v) is 9.10. The fourth-order valence-electron chi connectivity index (χ4n) is 5.97. The van der Waals surface area contributed by atoms with Gasteiger partial charge in [0.05, 0.1) is 5.41 Å². The van der Waals surface area contributed by atoms with Gasteiger partial charge in [-0.1, -0.05) is 84.6 Å². The molecule has 0 spiro atoms. The van der Waals surface area contributed by atoms with E-state index in [4.69, 9.17) is 0 Å². The second-order valence-corrected chi connectivity index (χ2v) is 12.1. The molecule has 0 heterocycles. The van der Waals surface area contributed by atoms with Gasteiger partial charge in [0.15, 0.2) is 0 Å². The largest absolute Gasteiger partial charge is 0.508 e. The van der Waals surface area contributed by atoms with E-state index in [1.165, 1.54) is 22.3 Å². The van der Waals surface area contributed by atoms with Gasteiger partial charge in [0.25, 0.3) is 0 Å². The molecule has 44 heavy (non-hydrogen) atoms. The maximum absolute atomic E-state index is 9.85. The Balaban J connectivity index is 0.000000174. The average Bonchev–Trinajstić information content (AvgIpc) is 3.33. The van der Waals surface area contributed by atoms with Gasteiger partial charge in [0, 0.05) is 9.79 Å². The summed E-state index contributed by atoms with van der Waals surface area (Å²) in [7, 11) is 0. The van der Waals surface area contributed by atoms with Crippen molar-refractivity contribution in [1.82, 2.24) is 0 Å². The van der Waals surface area contributed by atoms with Crippen LogP contribution in [0, 0.1) is 13.8 Å². The third-order valence-electron chi connectivity index (χ3n) is 8.13. The zero-order chi connectivity index (χ0) is 30.8. The van der Waals surface area contributed by atoms with Crippen molar-refractivity contribution in [2.45, 2.75) is 29.1 Å². The molecule has 0 aliphatic heterocycles. The van der Waals surface area contributed by atoms with Crippen molar-refractivity contribution in [1.29, 1.82) is 0 Å². The van der Waals surface area contributed by atoms with Crippen LogP contribution in [0.25, 0.3) is 11.1 Å². The first kappa shape index (κ1) is 29.0. The number of aryl methyl sites for hydroxylation is 2. The van der Waals surface area contributed by atoms with Gasteiger partial charge in [0.2, 0.25) is 0 Å². The number of fused-ring (bicyclic) bond motifs is 3. The highest BCUT2D eigenvalue weighted by atomic mass is 32.2. The Bertz CT molecular complexity index is 1800. The van der Waals surface area contributed by atoms with Crippen molar-refractivity contribution < 1.29 is 20.4 Å². The summed E-state index contributed by atoms with van der Waals surface area (Å²) in [5.41, 5.74) is 8.27. The molecule has 4 nitrogen and oxygen atoms in total. The van der Waals surface area contributed by atoms with Gasteiger partial charge in [-0.3, -0.25) is 0 Å². The first-order chi connectivity index (χ1) is 21.3. The standard InChI is InChI=1S/C25H18O2.C14H14O2S/c26-19-13-9-17(10-14-19)25(18-11-15-20(27)16-12-18)23-7-3-1-5-21(23)22-6-2-4-8-24(22)25;1-9-7-11(3-5-13(9)15)17-12-4-6-14(16)10(2)8-12/h1-16,26-27H;3-8,15-16H,1-2H3. The van der Waals surface area contributed by atoms with E-state index in [2.05, 4.69) is 48.5 Å². The topological polar surface area (TPSA) is 80.9 Å². The van der Waals surface area contributed by atoms with Gasteiger partial charge in [-0.05, 0) is 119 Å². The van der Waals surface area contributed by atoms with E-state index in [1.807, 2.05) is 62.4 Å². The molecule has 1 aliphatic carbocycles. The quantitative estimate of drug-likeness (QED) is 0.163.